The van der Waals surface area contributed by atoms with Gasteiger partial charge in [0.25, 0.3) is 0 Å². The van der Waals surface area contributed by atoms with E-state index in [9.17, 15) is 0 Å². The highest BCUT2D eigenvalue weighted by Gasteiger charge is 2.04. The van der Waals surface area contributed by atoms with Gasteiger partial charge < -0.3 is 9.88 Å². The third-order valence-corrected chi connectivity index (χ3v) is 3.98. The summed E-state index contributed by atoms with van der Waals surface area (Å²) in [5.41, 5.74) is 2.01. The Morgan fingerprint density at radius 3 is 3.05 bits per heavy atom. The predicted octanol–water partition coefficient (Wildman–Crippen LogP) is 2.58. The molecule has 0 radical (unpaired) electrons. The van der Waals surface area contributed by atoms with E-state index >= 15 is 0 Å². The molecule has 0 aromatic carbocycles. The summed E-state index contributed by atoms with van der Waals surface area (Å²) in [6, 6.07) is 5.89. The van der Waals surface area contributed by atoms with Crippen LogP contribution in [0.4, 0.5) is 0 Å². The van der Waals surface area contributed by atoms with E-state index in [0.29, 0.717) is 0 Å². The fourth-order valence-electron chi connectivity index (χ4n) is 2.02. The van der Waals surface area contributed by atoms with Crippen LogP contribution in [-0.4, -0.2) is 26.1 Å². The first kappa shape index (κ1) is 13.9. The van der Waals surface area contributed by atoms with Crippen molar-refractivity contribution >= 4 is 11.3 Å². The standard InChI is InChI=1S/C15H17N5S/c1-2-6-18-14(4-1)15-19-13(11-21-15)10-16-5-3-8-20-9-7-17-12-20/h1-2,4,6-7,9,11-12,16H,3,5,8,10H2. The minimum absolute atomic E-state index is 0.799. The molecule has 0 spiro atoms. The normalized spacial score (nSPS) is 10.9. The molecular weight excluding hydrogens is 282 g/mol. The van der Waals surface area contributed by atoms with Crippen molar-refractivity contribution in [3.05, 3.63) is 54.2 Å². The highest BCUT2D eigenvalue weighted by molar-refractivity contribution is 7.13. The zero-order valence-electron chi connectivity index (χ0n) is 11.6. The van der Waals surface area contributed by atoms with Gasteiger partial charge in [-0.3, -0.25) is 4.98 Å². The average molecular weight is 299 g/mol. The number of nitrogens with one attached hydrogen (secondary N) is 1. The molecule has 0 aliphatic heterocycles. The minimum atomic E-state index is 0.799. The van der Waals surface area contributed by atoms with Gasteiger partial charge in [-0.2, -0.15) is 0 Å². The van der Waals surface area contributed by atoms with Crippen molar-refractivity contribution in [2.75, 3.05) is 6.54 Å². The fourth-order valence-corrected chi connectivity index (χ4v) is 2.81. The molecule has 21 heavy (non-hydrogen) atoms. The van der Waals surface area contributed by atoms with E-state index in [1.165, 1.54) is 0 Å². The molecule has 0 amide bonds. The Morgan fingerprint density at radius 2 is 2.24 bits per heavy atom. The number of imidazole rings is 1. The number of rotatable bonds is 7. The molecule has 0 aliphatic carbocycles. The molecule has 3 heterocycles. The predicted molar refractivity (Wildman–Crippen MR) is 83.9 cm³/mol. The van der Waals surface area contributed by atoms with Crippen molar-refractivity contribution in [3.8, 4) is 10.7 Å². The number of aryl methyl sites for hydroxylation is 1. The van der Waals surface area contributed by atoms with Gasteiger partial charge in [-0.25, -0.2) is 9.97 Å². The summed E-state index contributed by atoms with van der Waals surface area (Å²) in [4.78, 5) is 13.0. The lowest BCUT2D eigenvalue weighted by Gasteiger charge is -2.03. The SMILES string of the molecule is c1ccc(-c2nc(CNCCCn3ccnc3)cs2)nc1. The maximum absolute atomic E-state index is 4.61. The molecule has 0 atom stereocenters. The monoisotopic (exact) mass is 299 g/mol. The Bertz CT molecular complexity index is 648. The van der Waals surface area contributed by atoms with Crippen LogP contribution in [0.25, 0.3) is 10.7 Å². The number of hydrogen-bond acceptors (Lipinski definition) is 5. The first-order chi connectivity index (χ1) is 10.4. The van der Waals surface area contributed by atoms with Crippen LogP contribution >= 0.6 is 11.3 Å². The van der Waals surface area contributed by atoms with E-state index in [2.05, 4.69) is 30.2 Å². The number of thiazole rings is 1. The first-order valence-corrected chi connectivity index (χ1v) is 7.82. The van der Waals surface area contributed by atoms with Crippen LogP contribution in [-0.2, 0) is 13.1 Å². The third-order valence-electron chi connectivity index (χ3n) is 3.07. The lowest BCUT2D eigenvalue weighted by Crippen LogP contribution is -2.16. The van der Waals surface area contributed by atoms with Crippen molar-refractivity contribution in [1.82, 2.24) is 24.8 Å². The molecule has 1 N–H and O–H groups in total. The zero-order chi connectivity index (χ0) is 14.3. The Kier molecular flexibility index (Phi) is 4.70. The Balaban J connectivity index is 1.43. The molecule has 108 valence electrons. The third kappa shape index (κ3) is 3.96. The summed E-state index contributed by atoms with van der Waals surface area (Å²) in [6.07, 6.45) is 8.51. The van der Waals surface area contributed by atoms with Crippen LogP contribution < -0.4 is 5.32 Å². The van der Waals surface area contributed by atoms with Crippen LogP contribution in [0.3, 0.4) is 0 Å². The van der Waals surface area contributed by atoms with Crippen LogP contribution in [0.2, 0.25) is 0 Å². The summed E-state index contributed by atoms with van der Waals surface area (Å²) in [5, 5.41) is 6.49. The van der Waals surface area contributed by atoms with Crippen molar-refractivity contribution in [3.63, 3.8) is 0 Å². The Hall–Kier alpha value is -2.05. The van der Waals surface area contributed by atoms with Crippen LogP contribution in [0.1, 0.15) is 12.1 Å². The molecule has 0 saturated carbocycles. The molecule has 3 rings (SSSR count). The Labute approximate surface area is 127 Å². The molecule has 3 aromatic rings. The molecule has 0 unspecified atom stereocenters. The number of aromatic nitrogens is 4. The molecule has 6 heteroatoms. The second-order valence-corrected chi connectivity index (χ2v) is 5.55. The van der Waals surface area contributed by atoms with Gasteiger partial charge in [-0.1, -0.05) is 6.07 Å². The van der Waals surface area contributed by atoms with E-state index in [0.717, 1.165) is 42.5 Å². The maximum Gasteiger partial charge on any atom is 0.142 e. The summed E-state index contributed by atoms with van der Waals surface area (Å²) < 4.78 is 2.09. The van der Waals surface area contributed by atoms with Crippen LogP contribution in [0, 0.1) is 0 Å². The van der Waals surface area contributed by atoms with E-state index in [1.54, 1.807) is 17.5 Å². The Morgan fingerprint density at radius 1 is 1.24 bits per heavy atom. The van der Waals surface area contributed by atoms with Gasteiger partial charge in [-0.05, 0) is 25.1 Å². The van der Waals surface area contributed by atoms with Gasteiger partial charge in [0.2, 0.25) is 0 Å². The van der Waals surface area contributed by atoms with Crippen LogP contribution in [0.5, 0.6) is 0 Å². The van der Waals surface area contributed by atoms with Gasteiger partial charge in [0.05, 0.1) is 17.7 Å². The summed E-state index contributed by atoms with van der Waals surface area (Å²) in [5.74, 6) is 0. The van der Waals surface area contributed by atoms with Crippen LogP contribution in [0.15, 0.2) is 48.5 Å². The van der Waals surface area contributed by atoms with E-state index in [1.807, 2.05) is 36.9 Å². The number of nitrogens with zero attached hydrogens (tertiary/aromatic N) is 4. The summed E-state index contributed by atoms with van der Waals surface area (Å²) >= 11 is 1.64. The lowest BCUT2D eigenvalue weighted by molar-refractivity contribution is 0.578. The number of pyridine rings is 1. The second-order valence-electron chi connectivity index (χ2n) is 4.69. The van der Waals surface area contributed by atoms with Crippen molar-refractivity contribution in [2.45, 2.75) is 19.5 Å². The van der Waals surface area contributed by atoms with Crippen molar-refractivity contribution < 1.29 is 0 Å². The largest absolute Gasteiger partial charge is 0.337 e. The highest BCUT2D eigenvalue weighted by Crippen LogP contribution is 2.21. The van der Waals surface area contributed by atoms with E-state index < -0.39 is 0 Å². The smallest absolute Gasteiger partial charge is 0.142 e. The minimum Gasteiger partial charge on any atom is -0.337 e. The molecule has 0 fully saturated rings. The topological polar surface area (TPSA) is 55.6 Å². The fraction of sp³-hybridized carbons (Fsp3) is 0.267. The summed E-state index contributed by atoms with van der Waals surface area (Å²) in [7, 11) is 0. The molecule has 0 saturated heterocycles. The average Bonchev–Trinajstić information content (AvgIpc) is 3.19. The number of hydrogen-bond donors (Lipinski definition) is 1. The molecular formula is C15H17N5S. The molecule has 0 bridgehead atoms. The van der Waals surface area contributed by atoms with Gasteiger partial charge in [0.1, 0.15) is 5.01 Å². The van der Waals surface area contributed by atoms with E-state index in [-0.39, 0.29) is 0 Å². The molecule has 0 aliphatic rings. The van der Waals surface area contributed by atoms with Gasteiger partial charge in [0.15, 0.2) is 0 Å². The van der Waals surface area contributed by atoms with Gasteiger partial charge in [-0.15, -0.1) is 11.3 Å². The van der Waals surface area contributed by atoms with Gasteiger partial charge in [0, 0.05) is 37.1 Å². The lowest BCUT2D eigenvalue weighted by atomic mass is 10.3. The van der Waals surface area contributed by atoms with Gasteiger partial charge >= 0.3 is 0 Å². The second kappa shape index (κ2) is 7.10. The van der Waals surface area contributed by atoms with E-state index in [4.69, 9.17) is 0 Å². The maximum atomic E-state index is 4.61. The molecule has 3 aromatic heterocycles. The van der Waals surface area contributed by atoms with Crippen molar-refractivity contribution in [1.29, 1.82) is 0 Å². The highest BCUT2D eigenvalue weighted by atomic mass is 32.1. The molecule has 5 nitrogen and oxygen atoms in total. The summed E-state index contributed by atoms with van der Waals surface area (Å²) in [6.45, 7) is 2.76. The van der Waals surface area contributed by atoms with Crippen molar-refractivity contribution in [2.24, 2.45) is 0 Å². The quantitative estimate of drug-likeness (QED) is 0.681. The first-order valence-electron chi connectivity index (χ1n) is 6.94. The zero-order valence-corrected chi connectivity index (χ0v) is 12.5.